The first-order valence-corrected chi connectivity index (χ1v) is 5.27. The molecule has 0 heterocycles. The van der Waals surface area contributed by atoms with E-state index in [0.717, 1.165) is 0 Å². The molecular weight excluding hydrogens is 177 g/mol. The summed E-state index contributed by atoms with van der Waals surface area (Å²) in [4.78, 5) is 0. The summed E-state index contributed by atoms with van der Waals surface area (Å²) in [7, 11) is 0. The van der Waals surface area contributed by atoms with Crippen molar-refractivity contribution in [3.05, 3.63) is 35.6 Å². The Kier molecular flexibility index (Phi) is 2.82. The summed E-state index contributed by atoms with van der Waals surface area (Å²) in [6.45, 7) is 2.13. The Balaban J connectivity index is 1.95. The van der Waals surface area contributed by atoms with Crippen molar-refractivity contribution in [2.45, 2.75) is 38.3 Å². The van der Waals surface area contributed by atoms with Crippen molar-refractivity contribution in [2.75, 3.05) is 0 Å². The van der Waals surface area contributed by atoms with Crippen molar-refractivity contribution in [2.24, 2.45) is 0 Å². The van der Waals surface area contributed by atoms with E-state index in [1.807, 2.05) is 12.1 Å². The molecular formula is C12H16FN. The van der Waals surface area contributed by atoms with Gasteiger partial charge in [-0.3, -0.25) is 0 Å². The lowest BCUT2D eigenvalue weighted by Crippen LogP contribution is -2.36. The van der Waals surface area contributed by atoms with Crippen LogP contribution in [0.2, 0.25) is 0 Å². The Bertz CT molecular complexity index is 290. The summed E-state index contributed by atoms with van der Waals surface area (Å²) in [5.41, 5.74) is 1.17. The molecule has 2 heteroatoms. The molecule has 0 amide bonds. The highest BCUT2D eigenvalue weighted by Crippen LogP contribution is 2.22. The van der Waals surface area contributed by atoms with Crippen LogP contribution in [0.15, 0.2) is 24.3 Å². The van der Waals surface area contributed by atoms with Crippen LogP contribution in [0.25, 0.3) is 0 Å². The molecule has 1 N–H and O–H groups in total. The van der Waals surface area contributed by atoms with E-state index in [-0.39, 0.29) is 5.82 Å². The van der Waals surface area contributed by atoms with Crippen LogP contribution < -0.4 is 5.32 Å². The molecule has 1 aromatic rings. The molecule has 14 heavy (non-hydrogen) atoms. The highest BCUT2D eigenvalue weighted by molar-refractivity contribution is 5.19. The number of hydrogen-bond donors (Lipinski definition) is 1. The van der Waals surface area contributed by atoms with Crippen LogP contribution in [0.1, 0.15) is 37.8 Å². The van der Waals surface area contributed by atoms with E-state index in [1.165, 1.54) is 37.0 Å². The summed E-state index contributed by atoms with van der Waals surface area (Å²) >= 11 is 0. The van der Waals surface area contributed by atoms with Gasteiger partial charge in [-0.15, -0.1) is 0 Å². The summed E-state index contributed by atoms with van der Waals surface area (Å²) < 4.78 is 12.7. The minimum Gasteiger partial charge on any atom is -0.307 e. The number of benzene rings is 1. The Morgan fingerprint density at radius 2 is 1.93 bits per heavy atom. The van der Waals surface area contributed by atoms with Gasteiger partial charge in [0.2, 0.25) is 0 Å². The molecule has 76 valence electrons. The molecule has 1 saturated carbocycles. The number of hydrogen-bond acceptors (Lipinski definition) is 1. The number of halogens is 1. The molecule has 0 radical (unpaired) electrons. The number of nitrogens with one attached hydrogen (secondary N) is 1. The molecule has 1 fully saturated rings. The van der Waals surface area contributed by atoms with Crippen molar-refractivity contribution in [1.29, 1.82) is 0 Å². The van der Waals surface area contributed by atoms with E-state index in [4.69, 9.17) is 0 Å². The van der Waals surface area contributed by atoms with Gasteiger partial charge in [0.1, 0.15) is 5.82 Å². The molecule has 2 rings (SSSR count). The predicted octanol–water partition coefficient (Wildman–Crippen LogP) is 3.03. The number of rotatable bonds is 3. The van der Waals surface area contributed by atoms with E-state index in [0.29, 0.717) is 12.1 Å². The van der Waals surface area contributed by atoms with Crippen LogP contribution in [0.3, 0.4) is 0 Å². The van der Waals surface area contributed by atoms with Crippen molar-refractivity contribution < 1.29 is 4.39 Å². The third kappa shape index (κ3) is 2.13. The van der Waals surface area contributed by atoms with E-state index >= 15 is 0 Å². The Labute approximate surface area is 84.3 Å². The lowest BCUT2D eigenvalue weighted by Gasteiger charge is -2.30. The minimum atomic E-state index is -0.162. The van der Waals surface area contributed by atoms with Crippen LogP contribution in [0.4, 0.5) is 4.39 Å². The van der Waals surface area contributed by atoms with Gasteiger partial charge in [-0.2, -0.15) is 0 Å². The maximum atomic E-state index is 12.7. The van der Waals surface area contributed by atoms with Gasteiger partial charge in [-0.25, -0.2) is 4.39 Å². The molecule has 0 aromatic heterocycles. The normalized spacial score (nSPS) is 19.0. The molecule has 1 aliphatic rings. The summed E-state index contributed by atoms with van der Waals surface area (Å²) in [6.07, 6.45) is 3.91. The first kappa shape index (κ1) is 9.66. The van der Waals surface area contributed by atoms with Gasteiger partial charge in [0, 0.05) is 12.1 Å². The second-order valence-corrected chi connectivity index (χ2v) is 4.07. The van der Waals surface area contributed by atoms with Crippen LogP contribution in [-0.4, -0.2) is 6.04 Å². The van der Waals surface area contributed by atoms with Gasteiger partial charge in [-0.05, 0) is 37.5 Å². The molecule has 1 aliphatic carbocycles. The quantitative estimate of drug-likeness (QED) is 0.778. The van der Waals surface area contributed by atoms with Crippen molar-refractivity contribution in [3.8, 4) is 0 Å². The summed E-state index contributed by atoms with van der Waals surface area (Å²) in [5.74, 6) is -0.162. The smallest absolute Gasteiger partial charge is 0.123 e. The van der Waals surface area contributed by atoms with Crippen LogP contribution >= 0.6 is 0 Å². The standard InChI is InChI=1S/C12H16FN/c1-9(14-12-3-2-4-12)10-5-7-11(13)8-6-10/h5-9,12,14H,2-4H2,1H3. The summed E-state index contributed by atoms with van der Waals surface area (Å²) in [5, 5.41) is 3.53. The predicted molar refractivity (Wildman–Crippen MR) is 55.6 cm³/mol. The second-order valence-electron chi connectivity index (χ2n) is 4.07. The third-order valence-electron chi connectivity index (χ3n) is 2.96. The Morgan fingerprint density at radius 3 is 2.43 bits per heavy atom. The molecule has 0 saturated heterocycles. The van der Waals surface area contributed by atoms with Crippen LogP contribution in [-0.2, 0) is 0 Å². The zero-order valence-electron chi connectivity index (χ0n) is 8.46. The van der Waals surface area contributed by atoms with Gasteiger partial charge in [0.15, 0.2) is 0 Å². The average Bonchev–Trinajstić information content (AvgIpc) is 2.12. The van der Waals surface area contributed by atoms with Gasteiger partial charge in [0.05, 0.1) is 0 Å². The summed E-state index contributed by atoms with van der Waals surface area (Å²) in [6, 6.07) is 7.76. The van der Waals surface area contributed by atoms with Crippen molar-refractivity contribution >= 4 is 0 Å². The van der Waals surface area contributed by atoms with Crippen LogP contribution in [0.5, 0.6) is 0 Å². The molecule has 1 unspecified atom stereocenters. The molecule has 1 nitrogen and oxygen atoms in total. The second kappa shape index (κ2) is 4.09. The van der Waals surface area contributed by atoms with E-state index in [1.54, 1.807) is 0 Å². The third-order valence-corrected chi connectivity index (χ3v) is 2.96. The maximum absolute atomic E-state index is 12.7. The van der Waals surface area contributed by atoms with Crippen molar-refractivity contribution in [3.63, 3.8) is 0 Å². The van der Waals surface area contributed by atoms with Gasteiger partial charge in [-0.1, -0.05) is 18.6 Å². The lowest BCUT2D eigenvalue weighted by atomic mass is 9.92. The SMILES string of the molecule is CC(NC1CCC1)c1ccc(F)cc1. The highest BCUT2D eigenvalue weighted by Gasteiger charge is 2.19. The Morgan fingerprint density at radius 1 is 1.29 bits per heavy atom. The van der Waals surface area contributed by atoms with Crippen LogP contribution in [0, 0.1) is 5.82 Å². The Hall–Kier alpha value is -0.890. The molecule has 1 aromatic carbocycles. The lowest BCUT2D eigenvalue weighted by molar-refractivity contribution is 0.313. The molecule has 0 bridgehead atoms. The first-order chi connectivity index (χ1) is 6.75. The van der Waals surface area contributed by atoms with E-state index in [2.05, 4.69) is 12.2 Å². The zero-order chi connectivity index (χ0) is 9.97. The molecule has 0 aliphatic heterocycles. The molecule has 0 spiro atoms. The first-order valence-electron chi connectivity index (χ1n) is 5.27. The largest absolute Gasteiger partial charge is 0.307 e. The fraction of sp³-hybridized carbons (Fsp3) is 0.500. The van der Waals surface area contributed by atoms with E-state index in [9.17, 15) is 4.39 Å². The average molecular weight is 193 g/mol. The zero-order valence-corrected chi connectivity index (χ0v) is 8.46. The van der Waals surface area contributed by atoms with Gasteiger partial charge >= 0.3 is 0 Å². The molecule has 1 atom stereocenters. The fourth-order valence-electron chi connectivity index (χ4n) is 1.78. The van der Waals surface area contributed by atoms with Crippen molar-refractivity contribution in [1.82, 2.24) is 5.32 Å². The highest BCUT2D eigenvalue weighted by atomic mass is 19.1. The monoisotopic (exact) mass is 193 g/mol. The maximum Gasteiger partial charge on any atom is 0.123 e. The van der Waals surface area contributed by atoms with E-state index < -0.39 is 0 Å². The topological polar surface area (TPSA) is 12.0 Å². The van der Waals surface area contributed by atoms with Gasteiger partial charge < -0.3 is 5.32 Å². The fourth-order valence-corrected chi connectivity index (χ4v) is 1.78. The minimum absolute atomic E-state index is 0.162. The van der Waals surface area contributed by atoms with Gasteiger partial charge in [0.25, 0.3) is 0 Å².